The fourth-order valence-corrected chi connectivity index (χ4v) is 3.37. The maximum absolute atomic E-state index is 5.97. The molecule has 0 atom stereocenters. The van der Waals surface area contributed by atoms with E-state index >= 15 is 0 Å². The van der Waals surface area contributed by atoms with Crippen molar-refractivity contribution in [2.24, 2.45) is 0 Å². The summed E-state index contributed by atoms with van der Waals surface area (Å²) in [4.78, 5) is 4.61. The van der Waals surface area contributed by atoms with Crippen LogP contribution in [-0.4, -0.2) is 4.98 Å². The second-order valence-corrected chi connectivity index (χ2v) is 6.62. The summed E-state index contributed by atoms with van der Waals surface area (Å²) in [5, 5.41) is 0.662. The van der Waals surface area contributed by atoms with Crippen LogP contribution in [0, 0.1) is 0 Å². The average Bonchev–Trinajstić information content (AvgIpc) is 3.10. The Hall–Kier alpha value is -2.85. The summed E-state index contributed by atoms with van der Waals surface area (Å²) in [6, 6.07) is 26.2. The Bertz CT molecular complexity index is 951. The maximum atomic E-state index is 5.97. The highest BCUT2D eigenvalue weighted by molar-refractivity contribution is 7.20. The molecule has 0 fully saturated rings. The molecule has 25 heavy (non-hydrogen) atoms. The van der Waals surface area contributed by atoms with Crippen LogP contribution in [0.2, 0.25) is 0 Å². The zero-order valence-corrected chi connectivity index (χ0v) is 14.4. The maximum Gasteiger partial charge on any atom is 0.274 e. The first-order valence-corrected chi connectivity index (χ1v) is 8.93. The average molecular weight is 347 g/mol. The van der Waals surface area contributed by atoms with Crippen LogP contribution in [0.5, 0.6) is 10.9 Å². The number of para-hydroxylation sites is 1. The largest absolute Gasteiger partial charge is 0.487 e. The molecule has 0 saturated heterocycles. The van der Waals surface area contributed by atoms with Gasteiger partial charge in [-0.15, -0.1) is 0 Å². The second kappa shape index (κ2) is 7.36. The molecular formula is C21H17NO2S. The SMILES string of the molecule is c1ccc(COc2nc3c(OCc4ccccc4)cccc3s2)cc1. The summed E-state index contributed by atoms with van der Waals surface area (Å²) in [5.41, 5.74) is 3.11. The molecular weight excluding hydrogens is 330 g/mol. The van der Waals surface area contributed by atoms with Gasteiger partial charge in [0.1, 0.15) is 24.5 Å². The molecule has 124 valence electrons. The van der Waals surface area contributed by atoms with Crippen LogP contribution in [-0.2, 0) is 13.2 Å². The molecule has 0 bridgehead atoms. The van der Waals surface area contributed by atoms with Gasteiger partial charge in [0, 0.05) is 0 Å². The molecule has 0 amide bonds. The van der Waals surface area contributed by atoms with Crippen molar-refractivity contribution >= 4 is 21.6 Å². The van der Waals surface area contributed by atoms with Gasteiger partial charge >= 0.3 is 0 Å². The Balaban J connectivity index is 1.50. The molecule has 0 unspecified atom stereocenters. The summed E-state index contributed by atoms with van der Waals surface area (Å²) < 4.78 is 12.9. The van der Waals surface area contributed by atoms with Gasteiger partial charge in [-0.1, -0.05) is 78.1 Å². The van der Waals surface area contributed by atoms with Crippen LogP contribution in [0.25, 0.3) is 10.2 Å². The van der Waals surface area contributed by atoms with Crippen LogP contribution >= 0.6 is 11.3 Å². The number of hydrogen-bond donors (Lipinski definition) is 0. The topological polar surface area (TPSA) is 31.4 Å². The van der Waals surface area contributed by atoms with Crippen LogP contribution in [0.15, 0.2) is 78.9 Å². The summed E-state index contributed by atoms with van der Waals surface area (Å²) in [5.74, 6) is 0.784. The van der Waals surface area contributed by atoms with Crippen LogP contribution in [0.4, 0.5) is 0 Å². The van der Waals surface area contributed by atoms with Crippen molar-refractivity contribution in [2.45, 2.75) is 13.2 Å². The molecule has 4 rings (SSSR count). The lowest BCUT2D eigenvalue weighted by Crippen LogP contribution is -1.96. The fourth-order valence-electron chi connectivity index (χ4n) is 2.54. The van der Waals surface area contributed by atoms with Gasteiger partial charge in [-0.3, -0.25) is 0 Å². The number of thiazole rings is 1. The Kier molecular flexibility index (Phi) is 4.61. The minimum Gasteiger partial charge on any atom is -0.487 e. The number of aromatic nitrogens is 1. The van der Waals surface area contributed by atoms with Crippen molar-refractivity contribution in [3.8, 4) is 10.9 Å². The van der Waals surface area contributed by atoms with Crippen molar-refractivity contribution in [3.63, 3.8) is 0 Å². The number of nitrogens with zero attached hydrogens (tertiary/aromatic N) is 1. The number of ether oxygens (including phenoxy) is 2. The van der Waals surface area contributed by atoms with E-state index < -0.39 is 0 Å². The Morgan fingerprint density at radius 1 is 0.680 bits per heavy atom. The predicted molar refractivity (Wildman–Crippen MR) is 101 cm³/mol. The number of benzene rings is 3. The first-order valence-electron chi connectivity index (χ1n) is 8.11. The predicted octanol–water partition coefficient (Wildman–Crippen LogP) is 5.45. The highest BCUT2D eigenvalue weighted by Gasteiger charge is 2.10. The molecule has 1 heterocycles. The normalized spacial score (nSPS) is 10.7. The minimum absolute atomic E-state index is 0.515. The first-order chi connectivity index (χ1) is 12.4. The highest BCUT2D eigenvalue weighted by atomic mass is 32.1. The van der Waals surface area contributed by atoms with Crippen molar-refractivity contribution < 1.29 is 9.47 Å². The summed E-state index contributed by atoms with van der Waals surface area (Å²) in [6.07, 6.45) is 0. The van der Waals surface area contributed by atoms with E-state index in [4.69, 9.17) is 9.47 Å². The van der Waals surface area contributed by atoms with E-state index in [1.54, 1.807) is 0 Å². The van der Waals surface area contributed by atoms with E-state index in [0.717, 1.165) is 27.1 Å². The van der Waals surface area contributed by atoms with Crippen molar-refractivity contribution in [1.82, 2.24) is 4.98 Å². The lowest BCUT2D eigenvalue weighted by Gasteiger charge is -2.06. The summed E-state index contributed by atoms with van der Waals surface area (Å²) in [6.45, 7) is 1.04. The lowest BCUT2D eigenvalue weighted by molar-refractivity contribution is 0.301. The molecule has 0 aliphatic carbocycles. The van der Waals surface area contributed by atoms with E-state index in [1.807, 2.05) is 66.7 Å². The number of hydrogen-bond acceptors (Lipinski definition) is 4. The van der Waals surface area contributed by atoms with Gasteiger partial charge in [0.25, 0.3) is 5.19 Å². The molecule has 4 aromatic rings. The molecule has 0 saturated carbocycles. The summed E-state index contributed by atoms with van der Waals surface area (Å²) >= 11 is 1.54. The minimum atomic E-state index is 0.515. The van der Waals surface area contributed by atoms with Crippen molar-refractivity contribution in [1.29, 1.82) is 0 Å². The van der Waals surface area contributed by atoms with E-state index in [0.29, 0.717) is 18.4 Å². The Labute approximate surface area is 150 Å². The van der Waals surface area contributed by atoms with Crippen molar-refractivity contribution in [3.05, 3.63) is 90.0 Å². The zero-order chi connectivity index (χ0) is 16.9. The van der Waals surface area contributed by atoms with Gasteiger partial charge in [0.15, 0.2) is 0 Å². The zero-order valence-electron chi connectivity index (χ0n) is 13.6. The van der Waals surface area contributed by atoms with Crippen LogP contribution < -0.4 is 9.47 Å². The number of rotatable bonds is 6. The molecule has 0 aliphatic heterocycles. The molecule has 0 N–H and O–H groups in total. The highest BCUT2D eigenvalue weighted by Crippen LogP contribution is 2.34. The molecule has 3 nitrogen and oxygen atoms in total. The van der Waals surface area contributed by atoms with E-state index in [-0.39, 0.29) is 0 Å². The van der Waals surface area contributed by atoms with Gasteiger partial charge in [-0.2, -0.15) is 4.98 Å². The van der Waals surface area contributed by atoms with Crippen molar-refractivity contribution in [2.75, 3.05) is 0 Å². The van der Waals surface area contributed by atoms with Gasteiger partial charge in [-0.05, 0) is 23.3 Å². The molecule has 1 aromatic heterocycles. The van der Waals surface area contributed by atoms with E-state index in [2.05, 4.69) is 17.1 Å². The first kappa shape index (κ1) is 15.7. The third-order valence-corrected chi connectivity index (χ3v) is 4.74. The Morgan fingerprint density at radius 2 is 1.32 bits per heavy atom. The standard InChI is InChI=1S/C21H17NO2S/c1-3-8-16(9-4-1)14-23-18-12-7-13-19-20(18)22-21(25-19)24-15-17-10-5-2-6-11-17/h1-13H,14-15H2. The molecule has 4 heteroatoms. The van der Waals surface area contributed by atoms with E-state index in [1.165, 1.54) is 11.3 Å². The molecule has 3 aromatic carbocycles. The summed E-state index contributed by atoms with van der Waals surface area (Å²) in [7, 11) is 0. The smallest absolute Gasteiger partial charge is 0.274 e. The van der Waals surface area contributed by atoms with E-state index in [9.17, 15) is 0 Å². The monoisotopic (exact) mass is 347 g/mol. The third-order valence-electron chi connectivity index (χ3n) is 3.80. The van der Waals surface area contributed by atoms with Gasteiger partial charge in [0.2, 0.25) is 0 Å². The second-order valence-electron chi connectivity index (χ2n) is 5.63. The number of fused-ring (bicyclic) bond motifs is 1. The van der Waals surface area contributed by atoms with Crippen LogP contribution in [0.1, 0.15) is 11.1 Å². The Morgan fingerprint density at radius 3 is 2.00 bits per heavy atom. The third kappa shape index (κ3) is 3.80. The van der Waals surface area contributed by atoms with Gasteiger partial charge in [-0.25, -0.2) is 0 Å². The molecule has 0 spiro atoms. The molecule has 0 radical (unpaired) electrons. The lowest BCUT2D eigenvalue weighted by atomic mass is 10.2. The van der Waals surface area contributed by atoms with Gasteiger partial charge in [0.05, 0.1) is 4.70 Å². The molecule has 0 aliphatic rings. The van der Waals surface area contributed by atoms with Crippen LogP contribution in [0.3, 0.4) is 0 Å². The fraction of sp³-hybridized carbons (Fsp3) is 0.0952. The van der Waals surface area contributed by atoms with Gasteiger partial charge < -0.3 is 9.47 Å². The quantitative estimate of drug-likeness (QED) is 0.464.